The van der Waals surface area contributed by atoms with Gasteiger partial charge in [0.05, 0.1) is 13.2 Å². The topological polar surface area (TPSA) is 42.4 Å². The van der Waals surface area contributed by atoms with E-state index in [2.05, 4.69) is 4.98 Å². The lowest BCUT2D eigenvalue weighted by Crippen LogP contribution is -2.06. The molecule has 5 heteroatoms. The van der Waals surface area contributed by atoms with Crippen molar-refractivity contribution in [2.45, 2.75) is 12.5 Å². The Morgan fingerprint density at radius 2 is 1.89 bits per heavy atom. The summed E-state index contributed by atoms with van der Waals surface area (Å²) in [7, 11) is 1.51. The molecule has 1 heterocycles. The highest BCUT2D eigenvalue weighted by molar-refractivity contribution is 6.36. The molecule has 0 aliphatic heterocycles. The van der Waals surface area contributed by atoms with Crippen molar-refractivity contribution in [3.05, 3.63) is 57.7 Å². The van der Waals surface area contributed by atoms with E-state index in [4.69, 9.17) is 27.9 Å². The molecule has 0 fully saturated rings. The lowest BCUT2D eigenvalue weighted by atomic mass is 10.0. The SMILES string of the molecule is COc1ncccc1C(O)Cc1c(Cl)cccc1Cl. The Kier molecular flexibility index (Phi) is 4.64. The fourth-order valence-electron chi connectivity index (χ4n) is 1.86. The van der Waals surface area contributed by atoms with E-state index in [0.29, 0.717) is 33.5 Å². The fraction of sp³-hybridized carbons (Fsp3) is 0.214. The summed E-state index contributed by atoms with van der Waals surface area (Å²) in [5.74, 6) is 0.401. The molecule has 0 saturated heterocycles. The molecule has 100 valence electrons. The molecule has 0 spiro atoms. The number of halogens is 2. The summed E-state index contributed by atoms with van der Waals surface area (Å²) in [5.41, 5.74) is 1.32. The van der Waals surface area contributed by atoms with Gasteiger partial charge in [0.1, 0.15) is 0 Å². The van der Waals surface area contributed by atoms with Crippen molar-refractivity contribution in [3.63, 3.8) is 0 Å². The zero-order chi connectivity index (χ0) is 13.8. The fourth-order valence-corrected chi connectivity index (χ4v) is 2.41. The van der Waals surface area contributed by atoms with Crippen molar-refractivity contribution in [1.29, 1.82) is 0 Å². The number of pyridine rings is 1. The van der Waals surface area contributed by atoms with Gasteiger partial charge < -0.3 is 9.84 Å². The number of ether oxygens (including phenoxy) is 1. The van der Waals surface area contributed by atoms with E-state index in [1.54, 1.807) is 36.5 Å². The third-order valence-electron chi connectivity index (χ3n) is 2.81. The van der Waals surface area contributed by atoms with Crippen LogP contribution in [0.5, 0.6) is 5.88 Å². The van der Waals surface area contributed by atoms with Crippen LogP contribution in [0.25, 0.3) is 0 Å². The van der Waals surface area contributed by atoms with Crippen LogP contribution in [0.15, 0.2) is 36.5 Å². The molecule has 1 atom stereocenters. The number of benzene rings is 1. The largest absolute Gasteiger partial charge is 0.481 e. The van der Waals surface area contributed by atoms with E-state index >= 15 is 0 Å². The van der Waals surface area contributed by atoms with Gasteiger partial charge in [-0.3, -0.25) is 0 Å². The Morgan fingerprint density at radius 3 is 2.53 bits per heavy atom. The smallest absolute Gasteiger partial charge is 0.218 e. The van der Waals surface area contributed by atoms with Gasteiger partial charge in [-0.25, -0.2) is 4.98 Å². The highest BCUT2D eigenvalue weighted by Crippen LogP contribution is 2.31. The average molecular weight is 298 g/mol. The molecular formula is C14H13Cl2NO2. The summed E-state index contributed by atoms with van der Waals surface area (Å²) < 4.78 is 5.13. The van der Waals surface area contributed by atoms with Crippen LogP contribution in [0.2, 0.25) is 10.0 Å². The minimum absolute atomic E-state index is 0.306. The predicted molar refractivity (Wildman–Crippen MR) is 75.9 cm³/mol. The molecule has 1 aromatic carbocycles. The van der Waals surface area contributed by atoms with Crippen LogP contribution < -0.4 is 4.74 Å². The number of methoxy groups -OCH3 is 1. The maximum Gasteiger partial charge on any atom is 0.218 e. The van der Waals surface area contributed by atoms with E-state index in [1.807, 2.05) is 0 Å². The van der Waals surface area contributed by atoms with E-state index in [9.17, 15) is 5.11 Å². The third kappa shape index (κ3) is 3.18. The van der Waals surface area contributed by atoms with Crippen molar-refractivity contribution in [2.75, 3.05) is 7.11 Å². The van der Waals surface area contributed by atoms with Crippen LogP contribution in [0.1, 0.15) is 17.2 Å². The van der Waals surface area contributed by atoms with Gasteiger partial charge in [-0.2, -0.15) is 0 Å². The van der Waals surface area contributed by atoms with Gasteiger partial charge in [0, 0.05) is 28.2 Å². The minimum Gasteiger partial charge on any atom is -0.481 e. The number of aliphatic hydroxyl groups excluding tert-OH is 1. The summed E-state index contributed by atoms with van der Waals surface area (Å²) >= 11 is 12.2. The average Bonchev–Trinajstić information content (AvgIpc) is 2.42. The molecule has 0 radical (unpaired) electrons. The molecule has 0 aliphatic rings. The molecule has 19 heavy (non-hydrogen) atoms. The van der Waals surface area contributed by atoms with Crippen molar-refractivity contribution in [1.82, 2.24) is 4.98 Å². The highest BCUT2D eigenvalue weighted by atomic mass is 35.5. The van der Waals surface area contributed by atoms with Crippen LogP contribution in [0.4, 0.5) is 0 Å². The van der Waals surface area contributed by atoms with Crippen LogP contribution in [0, 0.1) is 0 Å². The molecule has 0 aliphatic carbocycles. The number of nitrogens with zero attached hydrogens (tertiary/aromatic N) is 1. The second kappa shape index (κ2) is 6.24. The summed E-state index contributed by atoms with van der Waals surface area (Å²) in [6, 6.07) is 8.77. The molecule has 0 saturated carbocycles. The number of hydrogen-bond acceptors (Lipinski definition) is 3. The van der Waals surface area contributed by atoms with Crippen LogP contribution in [0.3, 0.4) is 0 Å². The Labute approximate surface area is 121 Å². The summed E-state index contributed by atoms with van der Waals surface area (Å²) in [4.78, 5) is 4.06. The van der Waals surface area contributed by atoms with E-state index < -0.39 is 6.10 Å². The molecule has 1 unspecified atom stereocenters. The van der Waals surface area contributed by atoms with E-state index in [1.165, 1.54) is 7.11 Å². The normalized spacial score (nSPS) is 12.2. The third-order valence-corrected chi connectivity index (χ3v) is 3.52. The lowest BCUT2D eigenvalue weighted by Gasteiger charge is -2.15. The highest BCUT2D eigenvalue weighted by Gasteiger charge is 2.17. The van der Waals surface area contributed by atoms with Gasteiger partial charge in [0.2, 0.25) is 5.88 Å². The Hall–Kier alpha value is -1.29. The number of hydrogen-bond donors (Lipinski definition) is 1. The number of aromatic nitrogens is 1. The molecular weight excluding hydrogens is 285 g/mol. The Bertz CT molecular complexity index is 555. The number of aliphatic hydroxyl groups is 1. The Morgan fingerprint density at radius 1 is 1.21 bits per heavy atom. The molecule has 2 rings (SSSR count). The monoisotopic (exact) mass is 297 g/mol. The van der Waals surface area contributed by atoms with Gasteiger partial charge >= 0.3 is 0 Å². The lowest BCUT2D eigenvalue weighted by molar-refractivity contribution is 0.173. The van der Waals surface area contributed by atoms with Crippen LogP contribution in [-0.4, -0.2) is 17.2 Å². The van der Waals surface area contributed by atoms with Crippen LogP contribution in [-0.2, 0) is 6.42 Å². The van der Waals surface area contributed by atoms with Crippen molar-refractivity contribution in [2.24, 2.45) is 0 Å². The van der Waals surface area contributed by atoms with E-state index in [0.717, 1.165) is 0 Å². The van der Waals surface area contributed by atoms with Gasteiger partial charge in [-0.15, -0.1) is 0 Å². The molecule has 1 aromatic heterocycles. The number of rotatable bonds is 4. The van der Waals surface area contributed by atoms with Gasteiger partial charge in [-0.05, 0) is 29.8 Å². The standard InChI is InChI=1S/C14H13Cl2NO2/c1-19-14-9(4-3-7-17-14)13(18)8-10-11(15)5-2-6-12(10)16/h2-7,13,18H,8H2,1H3. The van der Waals surface area contributed by atoms with E-state index in [-0.39, 0.29) is 0 Å². The second-order valence-corrected chi connectivity index (χ2v) is 4.84. The van der Waals surface area contributed by atoms with Gasteiger partial charge in [0.15, 0.2) is 0 Å². The zero-order valence-electron chi connectivity index (χ0n) is 10.3. The van der Waals surface area contributed by atoms with Crippen molar-refractivity contribution < 1.29 is 9.84 Å². The molecule has 0 bridgehead atoms. The minimum atomic E-state index is -0.777. The first-order valence-corrected chi connectivity index (χ1v) is 6.49. The van der Waals surface area contributed by atoms with Gasteiger partial charge in [0.25, 0.3) is 0 Å². The van der Waals surface area contributed by atoms with Crippen LogP contribution >= 0.6 is 23.2 Å². The first-order valence-electron chi connectivity index (χ1n) is 5.73. The quantitative estimate of drug-likeness (QED) is 0.936. The first kappa shape index (κ1) is 14.1. The molecule has 1 N–H and O–H groups in total. The zero-order valence-corrected chi connectivity index (χ0v) is 11.8. The maximum atomic E-state index is 10.3. The predicted octanol–water partition coefficient (Wildman–Crippen LogP) is 3.67. The van der Waals surface area contributed by atoms with Gasteiger partial charge in [-0.1, -0.05) is 29.3 Å². The summed E-state index contributed by atoms with van der Waals surface area (Å²) in [6.45, 7) is 0. The Balaban J connectivity index is 2.28. The van der Waals surface area contributed by atoms with Crippen molar-refractivity contribution in [3.8, 4) is 5.88 Å². The molecule has 0 amide bonds. The van der Waals surface area contributed by atoms with Crippen molar-refractivity contribution >= 4 is 23.2 Å². The maximum absolute atomic E-state index is 10.3. The first-order chi connectivity index (χ1) is 9.13. The summed E-state index contributed by atoms with van der Waals surface area (Å²) in [6.07, 6.45) is 1.14. The molecule has 3 nitrogen and oxygen atoms in total. The second-order valence-electron chi connectivity index (χ2n) is 4.02. The summed E-state index contributed by atoms with van der Waals surface area (Å²) in [5, 5.41) is 11.4. The molecule has 2 aromatic rings.